The van der Waals surface area contributed by atoms with Gasteiger partial charge in [0.05, 0.1) is 11.4 Å². The van der Waals surface area contributed by atoms with Gasteiger partial charge in [0.1, 0.15) is 0 Å². The molecule has 0 aliphatic rings. The maximum absolute atomic E-state index is 6.05. The number of rotatable bonds is 3. The number of nitrogens with zero attached hydrogens (tertiary/aromatic N) is 1. The summed E-state index contributed by atoms with van der Waals surface area (Å²) in [5.41, 5.74) is 9.20. The number of benzene rings is 2. The van der Waals surface area contributed by atoms with Gasteiger partial charge in [0.15, 0.2) is 0 Å². The molecule has 94 valence electrons. The van der Waals surface area contributed by atoms with Crippen molar-refractivity contribution in [1.29, 1.82) is 0 Å². The van der Waals surface area contributed by atoms with Gasteiger partial charge in [-0.05, 0) is 58.5 Å². The zero-order valence-electron chi connectivity index (χ0n) is 10.0. The molecule has 2 nitrogen and oxygen atoms in total. The van der Waals surface area contributed by atoms with E-state index in [1.54, 1.807) is 0 Å². The van der Waals surface area contributed by atoms with E-state index >= 15 is 0 Å². The van der Waals surface area contributed by atoms with E-state index in [9.17, 15) is 0 Å². The molecule has 0 amide bonds. The molecule has 0 aromatic heterocycles. The normalized spacial score (nSPS) is 10.4. The summed E-state index contributed by atoms with van der Waals surface area (Å²) >= 11 is 5.71. The summed E-state index contributed by atoms with van der Waals surface area (Å²) in [7, 11) is 2.06. The SMILES string of the molecule is CN(Cc1ccc(Br)cc1)c1ccc(I)cc1N. The summed E-state index contributed by atoms with van der Waals surface area (Å²) in [6.45, 7) is 0.845. The minimum atomic E-state index is 0.821. The Balaban J connectivity index is 2.16. The van der Waals surface area contributed by atoms with Crippen LogP contribution in [0.1, 0.15) is 5.56 Å². The molecule has 0 saturated heterocycles. The molecule has 2 aromatic carbocycles. The molecule has 2 N–H and O–H groups in total. The maximum atomic E-state index is 6.05. The first-order valence-corrected chi connectivity index (χ1v) is 7.44. The fourth-order valence-electron chi connectivity index (χ4n) is 1.82. The Hall–Kier alpha value is -0.750. The van der Waals surface area contributed by atoms with Crippen molar-refractivity contribution in [2.45, 2.75) is 6.54 Å². The summed E-state index contributed by atoms with van der Waals surface area (Å²) in [6.07, 6.45) is 0. The predicted molar refractivity (Wildman–Crippen MR) is 89.8 cm³/mol. The second-order valence-corrected chi connectivity index (χ2v) is 6.35. The summed E-state index contributed by atoms with van der Waals surface area (Å²) in [6, 6.07) is 14.5. The molecule has 0 heterocycles. The van der Waals surface area contributed by atoms with Crippen molar-refractivity contribution in [1.82, 2.24) is 0 Å². The highest BCUT2D eigenvalue weighted by Crippen LogP contribution is 2.25. The van der Waals surface area contributed by atoms with Crippen LogP contribution < -0.4 is 10.6 Å². The molecule has 0 spiro atoms. The van der Waals surface area contributed by atoms with E-state index in [2.05, 4.69) is 86.9 Å². The average Bonchev–Trinajstić information content (AvgIpc) is 2.32. The molecular weight excluding hydrogens is 403 g/mol. The van der Waals surface area contributed by atoms with Crippen molar-refractivity contribution in [2.24, 2.45) is 0 Å². The largest absolute Gasteiger partial charge is 0.397 e. The van der Waals surface area contributed by atoms with E-state index in [1.165, 1.54) is 5.56 Å². The van der Waals surface area contributed by atoms with Crippen molar-refractivity contribution in [3.63, 3.8) is 0 Å². The van der Waals surface area contributed by atoms with E-state index in [-0.39, 0.29) is 0 Å². The topological polar surface area (TPSA) is 29.3 Å². The van der Waals surface area contributed by atoms with Crippen molar-refractivity contribution in [3.8, 4) is 0 Å². The van der Waals surface area contributed by atoms with E-state index < -0.39 is 0 Å². The number of anilines is 2. The van der Waals surface area contributed by atoms with E-state index in [0.717, 1.165) is 26.0 Å². The molecule has 18 heavy (non-hydrogen) atoms. The molecule has 0 aliphatic carbocycles. The molecule has 2 rings (SSSR count). The molecule has 0 atom stereocenters. The second kappa shape index (κ2) is 5.93. The zero-order chi connectivity index (χ0) is 13.1. The van der Waals surface area contributed by atoms with Gasteiger partial charge >= 0.3 is 0 Å². The van der Waals surface area contributed by atoms with Crippen LogP contribution in [0.4, 0.5) is 11.4 Å². The summed E-state index contributed by atoms with van der Waals surface area (Å²) in [5.74, 6) is 0. The summed E-state index contributed by atoms with van der Waals surface area (Å²) in [4.78, 5) is 2.16. The van der Waals surface area contributed by atoms with Crippen molar-refractivity contribution >= 4 is 49.9 Å². The maximum Gasteiger partial charge on any atom is 0.0601 e. The van der Waals surface area contributed by atoms with Crippen LogP contribution in [-0.2, 0) is 6.54 Å². The smallest absolute Gasteiger partial charge is 0.0601 e. The van der Waals surface area contributed by atoms with Gasteiger partial charge in [0.25, 0.3) is 0 Å². The van der Waals surface area contributed by atoms with Crippen LogP contribution in [-0.4, -0.2) is 7.05 Å². The van der Waals surface area contributed by atoms with Crippen LogP contribution >= 0.6 is 38.5 Å². The minimum absolute atomic E-state index is 0.821. The van der Waals surface area contributed by atoms with Gasteiger partial charge < -0.3 is 10.6 Å². The standard InChI is InChI=1S/C14H14BrIN2/c1-18(9-10-2-4-11(15)5-3-10)14-7-6-12(16)8-13(14)17/h2-8H,9,17H2,1H3. The van der Waals surface area contributed by atoms with E-state index in [4.69, 9.17) is 5.73 Å². The Labute approximate surface area is 129 Å². The van der Waals surface area contributed by atoms with Gasteiger partial charge in [-0.2, -0.15) is 0 Å². The third kappa shape index (κ3) is 3.38. The molecule has 0 unspecified atom stereocenters. The molecule has 0 bridgehead atoms. The van der Waals surface area contributed by atoms with Gasteiger partial charge in [0, 0.05) is 21.6 Å². The molecule has 4 heteroatoms. The Bertz CT molecular complexity index is 540. The molecule has 0 aliphatic heterocycles. The fourth-order valence-corrected chi connectivity index (χ4v) is 2.60. The Morgan fingerprint density at radius 3 is 2.44 bits per heavy atom. The van der Waals surface area contributed by atoms with Crippen molar-refractivity contribution in [2.75, 3.05) is 17.7 Å². The lowest BCUT2D eigenvalue weighted by Gasteiger charge is -2.21. The van der Waals surface area contributed by atoms with Crippen LogP contribution in [0.3, 0.4) is 0 Å². The van der Waals surface area contributed by atoms with Crippen molar-refractivity contribution in [3.05, 3.63) is 56.1 Å². The molecule has 0 saturated carbocycles. The average molecular weight is 417 g/mol. The van der Waals surface area contributed by atoms with Crippen LogP contribution in [0.5, 0.6) is 0 Å². The molecule has 0 radical (unpaired) electrons. The van der Waals surface area contributed by atoms with Gasteiger partial charge in [-0.3, -0.25) is 0 Å². The summed E-state index contributed by atoms with van der Waals surface area (Å²) in [5, 5.41) is 0. The van der Waals surface area contributed by atoms with E-state index in [1.807, 2.05) is 6.07 Å². The summed E-state index contributed by atoms with van der Waals surface area (Å²) < 4.78 is 2.26. The number of nitrogens with two attached hydrogens (primary N) is 1. The highest BCUT2D eigenvalue weighted by molar-refractivity contribution is 14.1. The predicted octanol–water partition coefficient (Wildman–Crippen LogP) is 4.27. The first-order chi connectivity index (χ1) is 8.56. The first-order valence-electron chi connectivity index (χ1n) is 5.57. The first kappa shape index (κ1) is 13.7. The highest BCUT2D eigenvalue weighted by atomic mass is 127. The molecule has 0 fully saturated rings. The third-order valence-corrected chi connectivity index (χ3v) is 3.93. The lowest BCUT2D eigenvalue weighted by molar-refractivity contribution is 0.924. The monoisotopic (exact) mass is 416 g/mol. The second-order valence-electron chi connectivity index (χ2n) is 4.19. The Kier molecular flexibility index (Phi) is 4.50. The van der Waals surface area contributed by atoms with Gasteiger partial charge in [-0.15, -0.1) is 0 Å². The van der Waals surface area contributed by atoms with Gasteiger partial charge in [-0.25, -0.2) is 0 Å². The number of halogens is 2. The van der Waals surface area contributed by atoms with Gasteiger partial charge in [-0.1, -0.05) is 28.1 Å². The van der Waals surface area contributed by atoms with Crippen molar-refractivity contribution < 1.29 is 0 Å². The highest BCUT2D eigenvalue weighted by Gasteiger charge is 2.06. The molecular formula is C14H14BrIN2. The number of hydrogen-bond acceptors (Lipinski definition) is 2. The third-order valence-electron chi connectivity index (χ3n) is 2.73. The van der Waals surface area contributed by atoms with Crippen LogP contribution in [0.15, 0.2) is 46.9 Å². The van der Waals surface area contributed by atoms with Crippen LogP contribution in [0.2, 0.25) is 0 Å². The van der Waals surface area contributed by atoms with Crippen LogP contribution in [0.25, 0.3) is 0 Å². The zero-order valence-corrected chi connectivity index (χ0v) is 13.8. The quantitative estimate of drug-likeness (QED) is 0.597. The Morgan fingerprint density at radius 1 is 1.17 bits per heavy atom. The molecule has 2 aromatic rings. The lowest BCUT2D eigenvalue weighted by atomic mass is 10.2. The lowest BCUT2D eigenvalue weighted by Crippen LogP contribution is -2.17. The number of hydrogen-bond donors (Lipinski definition) is 1. The van der Waals surface area contributed by atoms with Gasteiger partial charge in [0.2, 0.25) is 0 Å². The minimum Gasteiger partial charge on any atom is -0.397 e. The fraction of sp³-hybridized carbons (Fsp3) is 0.143. The Morgan fingerprint density at radius 2 is 1.83 bits per heavy atom. The van der Waals surface area contributed by atoms with Crippen LogP contribution in [0, 0.1) is 3.57 Å². The van der Waals surface area contributed by atoms with E-state index in [0.29, 0.717) is 0 Å². The number of nitrogen functional groups attached to an aromatic ring is 1.